The summed E-state index contributed by atoms with van der Waals surface area (Å²) in [6, 6.07) is 0. The molecule has 2 rings (SSSR count). The number of nitrogens with zero attached hydrogens (tertiary/aromatic N) is 1. The van der Waals surface area contributed by atoms with Gasteiger partial charge in [-0.15, -0.1) is 17.0 Å². The summed E-state index contributed by atoms with van der Waals surface area (Å²) in [5.41, 5.74) is 0. The molecule has 0 aliphatic carbocycles. The largest absolute Gasteiger partial charge is 0.293 e. The minimum absolute atomic E-state index is 0. The fraction of sp³-hybridized carbons (Fsp3) is 1.00. The smallest absolute Gasteiger partial charge is 0.291 e. The predicted molar refractivity (Wildman–Crippen MR) is 37.3 cm³/mol. The van der Waals surface area contributed by atoms with Crippen LogP contribution in [0, 0.1) is 0 Å². The highest BCUT2D eigenvalue weighted by molar-refractivity contribution is 8.93. The zero-order valence-electron chi connectivity index (χ0n) is 5.67. The Hall–Kier alpha value is 0.360. The molecule has 2 aliphatic rings. The molecule has 0 saturated carbocycles. The van der Waals surface area contributed by atoms with E-state index in [2.05, 4.69) is 0 Å². The van der Waals surface area contributed by atoms with Gasteiger partial charge in [0.2, 0.25) is 5.79 Å². The van der Waals surface area contributed by atoms with E-state index in [1.807, 2.05) is 25.9 Å². The van der Waals surface area contributed by atoms with Gasteiger partial charge in [0.25, 0.3) is 5.91 Å². The Kier molecular flexibility index (Phi) is 1.25. The van der Waals surface area contributed by atoms with Gasteiger partial charge in [0.05, 0.1) is 0 Å². The van der Waals surface area contributed by atoms with E-state index >= 15 is 0 Å². The molecule has 4 heteroatoms. The Morgan fingerprint density at radius 2 is 1.56 bits per heavy atom. The zero-order chi connectivity index (χ0) is 5.99. The number of epoxide rings is 2. The molecular formula is C5H10BrNO2. The van der Waals surface area contributed by atoms with Crippen LogP contribution in [-0.2, 0) is 9.47 Å². The maximum Gasteiger partial charge on any atom is 0.291 e. The van der Waals surface area contributed by atoms with Gasteiger partial charge in [-0.1, -0.05) is 0 Å². The van der Waals surface area contributed by atoms with Crippen LogP contribution < -0.4 is 0 Å². The molecule has 0 aromatic rings. The minimum atomic E-state index is -0.312. The number of hydrogen-bond acceptors (Lipinski definition) is 3. The summed E-state index contributed by atoms with van der Waals surface area (Å²) in [6.07, 6.45) is 0. The lowest BCUT2D eigenvalue weighted by Crippen LogP contribution is -2.23. The van der Waals surface area contributed by atoms with E-state index in [9.17, 15) is 0 Å². The van der Waals surface area contributed by atoms with Gasteiger partial charge >= 0.3 is 0 Å². The number of hydrogen-bond donors (Lipinski definition) is 0. The molecule has 2 heterocycles. The zero-order valence-corrected chi connectivity index (χ0v) is 7.39. The highest BCUT2D eigenvalue weighted by Crippen LogP contribution is 2.67. The van der Waals surface area contributed by atoms with Crippen LogP contribution in [0.4, 0.5) is 0 Å². The molecule has 0 atom stereocenters. The molecule has 54 valence electrons. The Morgan fingerprint density at radius 1 is 1.22 bits per heavy atom. The van der Waals surface area contributed by atoms with Gasteiger partial charge in [-0.3, -0.25) is 14.4 Å². The van der Waals surface area contributed by atoms with Crippen molar-refractivity contribution in [2.24, 2.45) is 0 Å². The van der Waals surface area contributed by atoms with Crippen LogP contribution in [0.1, 0.15) is 6.92 Å². The quantitative estimate of drug-likeness (QED) is 0.573. The van der Waals surface area contributed by atoms with Crippen molar-refractivity contribution < 1.29 is 9.47 Å². The van der Waals surface area contributed by atoms with Gasteiger partial charge in [-0.05, 0) is 21.0 Å². The van der Waals surface area contributed by atoms with Crippen molar-refractivity contribution in [3.05, 3.63) is 0 Å². The van der Waals surface area contributed by atoms with Gasteiger partial charge < -0.3 is 0 Å². The van der Waals surface area contributed by atoms with Crippen molar-refractivity contribution >= 4 is 17.0 Å². The maximum absolute atomic E-state index is 5.15. The molecule has 2 aliphatic heterocycles. The molecule has 0 aromatic carbocycles. The molecule has 9 heavy (non-hydrogen) atoms. The third kappa shape index (κ3) is 0.620. The minimum Gasteiger partial charge on any atom is -0.293 e. The van der Waals surface area contributed by atoms with Gasteiger partial charge in [-0.2, -0.15) is 0 Å². The molecule has 0 N–H and O–H groups in total. The van der Waals surface area contributed by atoms with E-state index in [0.717, 1.165) is 0 Å². The van der Waals surface area contributed by atoms with Gasteiger partial charge in [0.15, 0.2) is 0 Å². The fourth-order valence-corrected chi connectivity index (χ4v) is 1.07. The lowest BCUT2D eigenvalue weighted by molar-refractivity contribution is -0.139. The van der Waals surface area contributed by atoms with Crippen molar-refractivity contribution in [1.82, 2.24) is 4.90 Å². The van der Waals surface area contributed by atoms with Crippen LogP contribution >= 0.6 is 17.0 Å². The normalized spacial score (nSPS) is 52.0. The molecule has 0 spiro atoms. The van der Waals surface area contributed by atoms with Gasteiger partial charge in [0.1, 0.15) is 0 Å². The summed E-state index contributed by atoms with van der Waals surface area (Å²) in [5, 5.41) is 0. The summed E-state index contributed by atoms with van der Waals surface area (Å²) < 4.78 is 10.3. The van der Waals surface area contributed by atoms with Crippen LogP contribution in [-0.4, -0.2) is 30.7 Å². The first kappa shape index (κ1) is 7.47. The highest BCUT2D eigenvalue weighted by atomic mass is 79.9. The molecule has 3 nitrogen and oxygen atoms in total. The number of halogens is 1. The van der Waals surface area contributed by atoms with Crippen LogP contribution in [0.25, 0.3) is 0 Å². The summed E-state index contributed by atoms with van der Waals surface area (Å²) >= 11 is 0. The predicted octanol–water partition coefficient (Wildman–Crippen LogP) is 0.556. The molecule has 0 bridgehead atoms. The third-order valence-electron chi connectivity index (χ3n) is 1.75. The van der Waals surface area contributed by atoms with Crippen LogP contribution in [0.2, 0.25) is 0 Å². The molecule has 0 radical (unpaired) electrons. The van der Waals surface area contributed by atoms with Crippen molar-refractivity contribution in [2.45, 2.75) is 18.6 Å². The van der Waals surface area contributed by atoms with Crippen molar-refractivity contribution in [1.29, 1.82) is 0 Å². The summed E-state index contributed by atoms with van der Waals surface area (Å²) in [7, 11) is 3.89. The molecule has 0 aromatic heterocycles. The van der Waals surface area contributed by atoms with Crippen LogP contribution in [0.5, 0.6) is 0 Å². The van der Waals surface area contributed by atoms with Gasteiger partial charge in [0, 0.05) is 0 Å². The number of ether oxygens (including phenoxy) is 2. The Labute approximate surface area is 64.7 Å². The van der Waals surface area contributed by atoms with E-state index in [4.69, 9.17) is 9.47 Å². The topological polar surface area (TPSA) is 28.3 Å². The van der Waals surface area contributed by atoms with Crippen molar-refractivity contribution in [2.75, 3.05) is 14.1 Å². The van der Waals surface area contributed by atoms with Crippen LogP contribution in [0.15, 0.2) is 0 Å². The number of likely N-dealkylation sites (N-methyl/N-ethyl adjacent to an activating group) is 1. The average molecular weight is 196 g/mol. The molecule has 0 amide bonds. The average Bonchev–Trinajstić information content (AvgIpc) is 2.22. The maximum atomic E-state index is 5.15. The van der Waals surface area contributed by atoms with E-state index in [1.54, 1.807) is 0 Å². The van der Waals surface area contributed by atoms with Gasteiger partial charge in [-0.25, -0.2) is 0 Å². The van der Waals surface area contributed by atoms with E-state index < -0.39 is 0 Å². The first-order chi connectivity index (χ1) is 3.61. The summed E-state index contributed by atoms with van der Waals surface area (Å²) in [6.45, 7) is 1.94. The fourth-order valence-electron chi connectivity index (χ4n) is 1.07. The SMILES string of the molecule is Br.CN(C)C12OC1(C)O2. The molecule has 2 saturated heterocycles. The Bertz CT molecular complexity index is 142. The molecule has 0 unspecified atom stereocenters. The second kappa shape index (κ2) is 1.50. The Morgan fingerprint density at radius 3 is 1.56 bits per heavy atom. The molecule has 2 fully saturated rings. The summed E-state index contributed by atoms with van der Waals surface area (Å²) in [4.78, 5) is 1.94. The first-order valence-electron chi connectivity index (χ1n) is 2.68. The first-order valence-corrected chi connectivity index (χ1v) is 2.68. The van der Waals surface area contributed by atoms with Crippen LogP contribution in [0.3, 0.4) is 0 Å². The monoisotopic (exact) mass is 195 g/mol. The summed E-state index contributed by atoms with van der Waals surface area (Å²) in [5.74, 6) is -0.552. The Balaban J connectivity index is 0.000000405. The van der Waals surface area contributed by atoms with E-state index in [-0.39, 0.29) is 28.7 Å². The van der Waals surface area contributed by atoms with Crippen molar-refractivity contribution in [3.8, 4) is 0 Å². The molecular weight excluding hydrogens is 186 g/mol. The second-order valence-electron chi connectivity index (χ2n) is 2.63. The van der Waals surface area contributed by atoms with Crippen molar-refractivity contribution in [3.63, 3.8) is 0 Å². The lowest BCUT2D eigenvalue weighted by atomic mass is 10.5. The highest BCUT2D eigenvalue weighted by Gasteiger charge is 2.90. The lowest BCUT2D eigenvalue weighted by Gasteiger charge is -2.06. The third-order valence-corrected chi connectivity index (χ3v) is 1.75. The van der Waals surface area contributed by atoms with E-state index in [0.29, 0.717) is 0 Å². The second-order valence-corrected chi connectivity index (χ2v) is 2.63. The number of rotatable bonds is 1. The van der Waals surface area contributed by atoms with E-state index in [1.165, 1.54) is 0 Å². The standard InChI is InChI=1S/C5H9NO2.BrH/c1-4-5(7-4,8-4)6(2)3;/h1-3H3;1H. The number of fused-ring (bicyclic) bond motifs is 1.